The number of nitrogens with one attached hydrogen (secondary N) is 1. The number of carbonyl (C=O) groups is 2. The second-order valence-corrected chi connectivity index (χ2v) is 6.15. The Morgan fingerprint density at radius 1 is 1.10 bits per heavy atom. The van der Waals surface area contributed by atoms with Gasteiger partial charge in [0.25, 0.3) is 0 Å². The molecule has 0 aliphatic heterocycles. The SMILES string of the molecule is CC(C)C[C@H](NC(=O)[C@@H](N)CC(C)C)[C@@H](O)CC(=O)O. The number of hydrogen-bond donors (Lipinski definition) is 4. The number of carboxylic acids is 1. The molecular weight excluding hydrogens is 260 g/mol. The molecule has 0 aromatic rings. The zero-order valence-electron chi connectivity index (χ0n) is 12.8. The average Bonchev–Trinajstić information content (AvgIpc) is 2.25. The number of hydrogen-bond acceptors (Lipinski definition) is 4. The predicted molar refractivity (Wildman–Crippen MR) is 77.1 cm³/mol. The molecule has 0 aromatic heterocycles. The minimum Gasteiger partial charge on any atom is -0.481 e. The molecule has 0 aliphatic carbocycles. The Morgan fingerprint density at radius 3 is 2.00 bits per heavy atom. The molecule has 0 rings (SSSR count). The van der Waals surface area contributed by atoms with E-state index in [1.165, 1.54) is 0 Å². The number of nitrogens with two attached hydrogens (primary N) is 1. The van der Waals surface area contributed by atoms with Crippen LogP contribution in [0.5, 0.6) is 0 Å². The maximum atomic E-state index is 12.0. The highest BCUT2D eigenvalue weighted by Crippen LogP contribution is 2.12. The van der Waals surface area contributed by atoms with E-state index < -0.39 is 30.6 Å². The Kier molecular flexibility index (Phi) is 8.41. The van der Waals surface area contributed by atoms with Gasteiger partial charge in [0, 0.05) is 0 Å². The fourth-order valence-corrected chi connectivity index (χ4v) is 2.05. The molecule has 6 nitrogen and oxygen atoms in total. The zero-order valence-corrected chi connectivity index (χ0v) is 12.8. The van der Waals surface area contributed by atoms with E-state index >= 15 is 0 Å². The van der Waals surface area contributed by atoms with Crippen LogP contribution in [0.3, 0.4) is 0 Å². The quantitative estimate of drug-likeness (QED) is 0.499. The minimum atomic E-state index is -1.11. The largest absolute Gasteiger partial charge is 0.481 e. The van der Waals surface area contributed by atoms with Crippen LogP contribution in [0.4, 0.5) is 0 Å². The second-order valence-electron chi connectivity index (χ2n) is 6.15. The molecule has 6 heteroatoms. The second kappa shape index (κ2) is 8.92. The summed E-state index contributed by atoms with van der Waals surface area (Å²) in [5.74, 6) is -0.908. The van der Waals surface area contributed by atoms with Gasteiger partial charge < -0.3 is 21.3 Å². The molecule has 0 fully saturated rings. The van der Waals surface area contributed by atoms with Crippen molar-refractivity contribution in [1.82, 2.24) is 5.32 Å². The Labute approximate surface area is 120 Å². The Bertz CT molecular complexity index is 318. The van der Waals surface area contributed by atoms with Gasteiger partial charge in [-0.2, -0.15) is 0 Å². The van der Waals surface area contributed by atoms with Crippen LogP contribution in [0, 0.1) is 11.8 Å². The van der Waals surface area contributed by atoms with Crippen LogP contribution in [-0.4, -0.2) is 40.3 Å². The van der Waals surface area contributed by atoms with Gasteiger partial charge in [0.2, 0.25) is 5.91 Å². The van der Waals surface area contributed by atoms with Crippen molar-refractivity contribution >= 4 is 11.9 Å². The molecule has 0 saturated carbocycles. The van der Waals surface area contributed by atoms with E-state index in [0.29, 0.717) is 18.8 Å². The number of aliphatic hydroxyl groups excluding tert-OH is 1. The highest BCUT2D eigenvalue weighted by molar-refractivity contribution is 5.81. The monoisotopic (exact) mass is 288 g/mol. The first kappa shape index (κ1) is 18.9. The van der Waals surface area contributed by atoms with Gasteiger partial charge in [-0.05, 0) is 24.7 Å². The van der Waals surface area contributed by atoms with Crippen LogP contribution in [0.1, 0.15) is 47.0 Å². The maximum Gasteiger partial charge on any atom is 0.306 e. The predicted octanol–water partition coefficient (Wildman–Crippen LogP) is 0.726. The van der Waals surface area contributed by atoms with Crippen LogP contribution in [0.25, 0.3) is 0 Å². The first-order chi connectivity index (χ1) is 9.13. The Balaban J connectivity index is 4.63. The third-order valence-electron chi connectivity index (χ3n) is 2.96. The van der Waals surface area contributed by atoms with E-state index in [-0.39, 0.29) is 11.8 Å². The van der Waals surface area contributed by atoms with E-state index in [0.717, 1.165) is 0 Å². The summed E-state index contributed by atoms with van der Waals surface area (Å²) in [4.78, 5) is 22.6. The summed E-state index contributed by atoms with van der Waals surface area (Å²) < 4.78 is 0. The molecule has 0 unspecified atom stereocenters. The van der Waals surface area contributed by atoms with Crippen molar-refractivity contribution < 1.29 is 19.8 Å². The summed E-state index contributed by atoms with van der Waals surface area (Å²) in [5, 5.41) is 21.3. The van der Waals surface area contributed by atoms with Crippen LogP contribution in [0.15, 0.2) is 0 Å². The summed E-state index contributed by atoms with van der Waals surface area (Å²) in [6.07, 6.45) is -0.439. The third-order valence-corrected chi connectivity index (χ3v) is 2.96. The van der Waals surface area contributed by atoms with Crippen LogP contribution in [-0.2, 0) is 9.59 Å². The first-order valence-corrected chi connectivity index (χ1v) is 7.09. The smallest absolute Gasteiger partial charge is 0.306 e. The van der Waals surface area contributed by atoms with E-state index in [1.807, 2.05) is 27.7 Å². The van der Waals surface area contributed by atoms with E-state index in [2.05, 4.69) is 5.32 Å². The molecule has 0 aliphatic rings. The lowest BCUT2D eigenvalue weighted by Gasteiger charge is -2.26. The first-order valence-electron chi connectivity index (χ1n) is 7.09. The van der Waals surface area contributed by atoms with Gasteiger partial charge in [0.15, 0.2) is 0 Å². The van der Waals surface area contributed by atoms with Gasteiger partial charge in [-0.15, -0.1) is 0 Å². The average molecular weight is 288 g/mol. The number of carbonyl (C=O) groups excluding carboxylic acids is 1. The molecule has 0 radical (unpaired) electrons. The molecule has 0 heterocycles. The summed E-state index contributed by atoms with van der Waals surface area (Å²) in [6, 6.07) is -1.22. The molecule has 0 spiro atoms. The number of aliphatic carboxylic acids is 1. The maximum absolute atomic E-state index is 12.0. The Morgan fingerprint density at radius 2 is 1.60 bits per heavy atom. The van der Waals surface area contributed by atoms with Gasteiger partial charge in [-0.1, -0.05) is 27.7 Å². The fourth-order valence-electron chi connectivity index (χ4n) is 2.05. The molecule has 1 amide bonds. The fraction of sp³-hybridized carbons (Fsp3) is 0.857. The third kappa shape index (κ3) is 8.12. The van der Waals surface area contributed by atoms with Crippen molar-refractivity contribution in [2.75, 3.05) is 0 Å². The molecular formula is C14H28N2O4. The molecule has 5 N–H and O–H groups in total. The van der Waals surface area contributed by atoms with Gasteiger partial charge in [0.05, 0.1) is 24.6 Å². The van der Waals surface area contributed by atoms with Crippen molar-refractivity contribution in [1.29, 1.82) is 0 Å². The van der Waals surface area contributed by atoms with Crippen molar-refractivity contribution in [3.05, 3.63) is 0 Å². The summed E-state index contributed by atoms with van der Waals surface area (Å²) in [5.41, 5.74) is 5.79. The van der Waals surface area contributed by atoms with E-state index in [9.17, 15) is 14.7 Å². The molecule has 3 atom stereocenters. The summed E-state index contributed by atoms with van der Waals surface area (Å²) in [6.45, 7) is 7.83. The lowest BCUT2D eigenvalue weighted by atomic mass is 9.96. The van der Waals surface area contributed by atoms with Gasteiger partial charge in [0.1, 0.15) is 0 Å². The highest BCUT2D eigenvalue weighted by atomic mass is 16.4. The summed E-state index contributed by atoms with van der Waals surface area (Å²) in [7, 11) is 0. The number of carboxylic acid groups (broad SMARTS) is 1. The summed E-state index contributed by atoms with van der Waals surface area (Å²) >= 11 is 0. The van der Waals surface area contributed by atoms with E-state index in [4.69, 9.17) is 10.8 Å². The van der Waals surface area contributed by atoms with E-state index in [1.54, 1.807) is 0 Å². The van der Waals surface area contributed by atoms with Crippen molar-refractivity contribution in [2.24, 2.45) is 17.6 Å². The lowest BCUT2D eigenvalue weighted by molar-refractivity contribution is -0.140. The number of rotatable bonds is 9. The van der Waals surface area contributed by atoms with Gasteiger partial charge >= 0.3 is 5.97 Å². The van der Waals surface area contributed by atoms with Crippen molar-refractivity contribution in [2.45, 2.75) is 65.1 Å². The van der Waals surface area contributed by atoms with Crippen molar-refractivity contribution in [3.8, 4) is 0 Å². The molecule has 0 aromatic carbocycles. The molecule has 20 heavy (non-hydrogen) atoms. The molecule has 118 valence electrons. The van der Waals surface area contributed by atoms with Crippen LogP contribution >= 0.6 is 0 Å². The molecule has 0 saturated heterocycles. The minimum absolute atomic E-state index is 0.227. The number of amides is 1. The van der Waals surface area contributed by atoms with Crippen molar-refractivity contribution in [3.63, 3.8) is 0 Å². The molecule has 0 bridgehead atoms. The standard InChI is InChI=1S/C14H28N2O4/c1-8(2)5-10(15)14(20)16-11(6-9(3)4)12(17)7-13(18)19/h8-12,17H,5-7,15H2,1-4H3,(H,16,20)(H,18,19)/t10-,11-,12-/m0/s1. The number of aliphatic hydroxyl groups is 1. The van der Waals surface area contributed by atoms with Gasteiger partial charge in [-0.25, -0.2) is 0 Å². The van der Waals surface area contributed by atoms with Crippen LogP contribution < -0.4 is 11.1 Å². The normalized spacial score (nSPS) is 16.0. The topological polar surface area (TPSA) is 113 Å². The lowest BCUT2D eigenvalue weighted by Crippen LogP contribution is -2.51. The highest BCUT2D eigenvalue weighted by Gasteiger charge is 2.26. The van der Waals surface area contributed by atoms with Crippen LogP contribution in [0.2, 0.25) is 0 Å². The zero-order chi connectivity index (χ0) is 15.9. The Hall–Kier alpha value is -1.14. The van der Waals surface area contributed by atoms with Gasteiger partial charge in [-0.3, -0.25) is 9.59 Å².